The van der Waals surface area contributed by atoms with Gasteiger partial charge in [-0.3, -0.25) is 4.79 Å². The van der Waals surface area contributed by atoms with Gasteiger partial charge in [-0.15, -0.1) is 5.10 Å². The van der Waals surface area contributed by atoms with E-state index in [1.54, 1.807) is 4.68 Å². The highest BCUT2D eigenvalue weighted by atomic mass is 16.4. The lowest BCUT2D eigenvalue weighted by Gasteiger charge is -2.22. The van der Waals surface area contributed by atoms with E-state index < -0.39 is 11.4 Å². The summed E-state index contributed by atoms with van der Waals surface area (Å²) in [7, 11) is 0. The smallest absolute Gasteiger partial charge is 0.311 e. The van der Waals surface area contributed by atoms with Crippen molar-refractivity contribution in [1.29, 1.82) is 0 Å². The fourth-order valence-electron chi connectivity index (χ4n) is 3.00. The van der Waals surface area contributed by atoms with Crippen LogP contribution in [0.25, 0.3) is 0 Å². The lowest BCUT2D eigenvalue weighted by atomic mass is 9.88. The number of rotatable bonds is 4. The third-order valence-corrected chi connectivity index (χ3v) is 4.54. The van der Waals surface area contributed by atoms with Gasteiger partial charge in [-0.25, -0.2) is 4.68 Å². The lowest BCUT2D eigenvalue weighted by Crippen LogP contribution is -2.28. The number of tetrazole rings is 1. The van der Waals surface area contributed by atoms with Crippen LogP contribution in [-0.4, -0.2) is 31.3 Å². The molecule has 6 nitrogen and oxygen atoms in total. The van der Waals surface area contributed by atoms with Crippen molar-refractivity contribution < 1.29 is 9.90 Å². The second-order valence-corrected chi connectivity index (χ2v) is 6.01. The Bertz CT molecular complexity index is 472. The number of aliphatic carboxylic acids is 1. The molecule has 0 aromatic carbocycles. The third-order valence-electron chi connectivity index (χ3n) is 4.54. The van der Waals surface area contributed by atoms with Crippen molar-refractivity contribution in [2.45, 2.75) is 57.4 Å². The Morgan fingerprint density at radius 2 is 2.00 bits per heavy atom. The summed E-state index contributed by atoms with van der Waals surface area (Å²) in [6.07, 6.45) is 6.05. The molecule has 0 unspecified atom stereocenters. The van der Waals surface area contributed by atoms with Crippen LogP contribution in [0.5, 0.6) is 0 Å². The lowest BCUT2D eigenvalue weighted by molar-refractivity contribution is -0.144. The van der Waals surface area contributed by atoms with Crippen LogP contribution >= 0.6 is 0 Å². The van der Waals surface area contributed by atoms with Crippen LogP contribution in [0.4, 0.5) is 0 Å². The van der Waals surface area contributed by atoms with Crippen molar-refractivity contribution in [1.82, 2.24) is 20.2 Å². The van der Waals surface area contributed by atoms with Crippen molar-refractivity contribution in [3.8, 4) is 0 Å². The van der Waals surface area contributed by atoms with Gasteiger partial charge in [-0.2, -0.15) is 0 Å². The van der Waals surface area contributed by atoms with Crippen LogP contribution in [0.15, 0.2) is 0 Å². The van der Waals surface area contributed by atoms with Gasteiger partial charge < -0.3 is 5.11 Å². The minimum absolute atomic E-state index is 0.0259. The highest BCUT2D eigenvalue weighted by Crippen LogP contribution is 2.48. The normalized spacial score (nSPS) is 24.1. The zero-order valence-corrected chi connectivity index (χ0v) is 10.6. The number of aromatic nitrogens is 4. The summed E-state index contributed by atoms with van der Waals surface area (Å²) in [5.74, 6) is 0.146. The van der Waals surface area contributed by atoms with Gasteiger partial charge in [0, 0.05) is 5.41 Å². The van der Waals surface area contributed by atoms with E-state index in [9.17, 15) is 9.90 Å². The van der Waals surface area contributed by atoms with E-state index >= 15 is 0 Å². The second-order valence-electron chi connectivity index (χ2n) is 6.01. The molecule has 0 amide bonds. The van der Waals surface area contributed by atoms with Crippen LogP contribution < -0.4 is 0 Å². The molecule has 2 fully saturated rings. The first-order valence-corrected chi connectivity index (χ1v) is 6.56. The molecule has 98 valence electrons. The Hall–Kier alpha value is -1.46. The standard InChI is InChI=1S/C12H18N4O2/c1-11(4-2-3-5-11)9-13-14-15-16(9)8-12(6-7-12)10(17)18/h2-8H2,1H3,(H,17,18). The first kappa shape index (κ1) is 11.6. The molecule has 6 heteroatoms. The molecule has 2 saturated carbocycles. The Morgan fingerprint density at radius 1 is 1.33 bits per heavy atom. The zero-order valence-electron chi connectivity index (χ0n) is 10.6. The first-order chi connectivity index (χ1) is 8.56. The number of carbonyl (C=O) groups is 1. The molecule has 1 aromatic heterocycles. The summed E-state index contributed by atoms with van der Waals surface area (Å²) < 4.78 is 1.73. The minimum atomic E-state index is -0.722. The molecular weight excluding hydrogens is 232 g/mol. The summed E-state index contributed by atoms with van der Waals surface area (Å²) in [5.41, 5.74) is -0.586. The van der Waals surface area contributed by atoms with Gasteiger partial charge in [0.25, 0.3) is 0 Å². The number of carboxylic acid groups (broad SMARTS) is 1. The largest absolute Gasteiger partial charge is 0.481 e. The van der Waals surface area contributed by atoms with Crippen molar-refractivity contribution in [3.63, 3.8) is 0 Å². The van der Waals surface area contributed by atoms with Gasteiger partial charge in [0.15, 0.2) is 5.82 Å². The van der Waals surface area contributed by atoms with Gasteiger partial charge >= 0.3 is 5.97 Å². The summed E-state index contributed by atoms with van der Waals surface area (Å²) in [5, 5.41) is 21.2. The minimum Gasteiger partial charge on any atom is -0.481 e. The van der Waals surface area contributed by atoms with Gasteiger partial charge in [-0.05, 0) is 36.1 Å². The van der Waals surface area contributed by atoms with E-state index in [4.69, 9.17) is 0 Å². The van der Waals surface area contributed by atoms with E-state index in [0.717, 1.165) is 31.5 Å². The highest BCUT2D eigenvalue weighted by molar-refractivity contribution is 5.77. The van der Waals surface area contributed by atoms with Crippen LogP contribution in [0.1, 0.15) is 51.3 Å². The van der Waals surface area contributed by atoms with Gasteiger partial charge in [-0.1, -0.05) is 19.8 Å². The van der Waals surface area contributed by atoms with Gasteiger partial charge in [0.2, 0.25) is 0 Å². The fourth-order valence-corrected chi connectivity index (χ4v) is 3.00. The van der Waals surface area contributed by atoms with Crippen molar-refractivity contribution in [2.75, 3.05) is 0 Å². The summed E-state index contributed by atoms with van der Waals surface area (Å²) in [6, 6.07) is 0. The number of nitrogens with zero attached hydrogens (tertiary/aromatic N) is 4. The van der Waals surface area contributed by atoms with Crippen LogP contribution in [-0.2, 0) is 16.8 Å². The second kappa shape index (κ2) is 3.76. The Morgan fingerprint density at radius 3 is 2.56 bits per heavy atom. The highest BCUT2D eigenvalue weighted by Gasteiger charge is 2.52. The van der Waals surface area contributed by atoms with Gasteiger partial charge in [0.1, 0.15) is 0 Å². The topological polar surface area (TPSA) is 80.9 Å². The maximum Gasteiger partial charge on any atom is 0.311 e. The molecule has 18 heavy (non-hydrogen) atoms. The molecule has 0 spiro atoms. The van der Waals surface area contributed by atoms with E-state index in [1.165, 1.54) is 12.8 Å². The van der Waals surface area contributed by atoms with Crippen LogP contribution in [0.2, 0.25) is 0 Å². The van der Waals surface area contributed by atoms with E-state index in [2.05, 4.69) is 22.4 Å². The predicted octanol–water partition coefficient (Wildman–Crippen LogP) is 1.37. The summed E-state index contributed by atoms with van der Waals surface area (Å²) in [4.78, 5) is 11.2. The number of hydrogen-bond acceptors (Lipinski definition) is 4. The molecule has 0 bridgehead atoms. The Kier molecular flexibility index (Phi) is 2.43. The molecule has 3 rings (SSSR count). The SMILES string of the molecule is CC1(c2nnnn2CC2(C(=O)O)CC2)CCCC1. The first-order valence-electron chi connectivity index (χ1n) is 6.56. The summed E-state index contributed by atoms with van der Waals surface area (Å²) in [6.45, 7) is 2.60. The molecule has 1 aromatic rings. The maximum absolute atomic E-state index is 11.2. The molecule has 2 aliphatic carbocycles. The quantitative estimate of drug-likeness (QED) is 0.872. The molecule has 1 heterocycles. The molecule has 0 aliphatic heterocycles. The average molecular weight is 250 g/mol. The Labute approximate surface area is 105 Å². The van der Waals surface area contributed by atoms with Crippen LogP contribution in [0, 0.1) is 5.41 Å². The molecular formula is C12H18N4O2. The van der Waals surface area contributed by atoms with Crippen molar-refractivity contribution >= 4 is 5.97 Å². The fraction of sp³-hybridized carbons (Fsp3) is 0.833. The van der Waals surface area contributed by atoms with E-state index in [1.807, 2.05) is 0 Å². The van der Waals surface area contributed by atoms with Crippen LogP contribution in [0.3, 0.4) is 0 Å². The molecule has 2 aliphatic rings. The predicted molar refractivity (Wildman–Crippen MR) is 62.9 cm³/mol. The molecule has 1 N–H and O–H groups in total. The Balaban J connectivity index is 1.86. The molecule has 0 atom stereocenters. The van der Waals surface area contributed by atoms with Crippen molar-refractivity contribution in [2.24, 2.45) is 5.41 Å². The van der Waals surface area contributed by atoms with E-state index in [-0.39, 0.29) is 5.41 Å². The number of carboxylic acids is 1. The van der Waals surface area contributed by atoms with Crippen molar-refractivity contribution in [3.05, 3.63) is 5.82 Å². The van der Waals surface area contributed by atoms with E-state index in [0.29, 0.717) is 6.54 Å². The zero-order chi connectivity index (χ0) is 12.8. The molecule has 0 saturated heterocycles. The molecule has 0 radical (unpaired) electrons. The summed E-state index contributed by atoms with van der Waals surface area (Å²) >= 11 is 0. The monoisotopic (exact) mass is 250 g/mol. The maximum atomic E-state index is 11.2. The average Bonchev–Trinajstić information content (AvgIpc) is 2.75. The van der Waals surface area contributed by atoms with Gasteiger partial charge in [0.05, 0.1) is 12.0 Å². The number of hydrogen-bond donors (Lipinski definition) is 1. The third kappa shape index (κ3) is 1.71.